The maximum Gasteiger partial charge on any atom is 0.170 e. The van der Waals surface area contributed by atoms with Gasteiger partial charge in [0.1, 0.15) is 0 Å². The van der Waals surface area contributed by atoms with Crippen LogP contribution in [0.5, 0.6) is 0 Å². The fraction of sp³-hybridized carbons (Fsp3) is 0.417. The molecular formula is C12H19N3O. The first-order valence-corrected chi connectivity index (χ1v) is 5.41. The van der Waals surface area contributed by atoms with Gasteiger partial charge >= 0.3 is 0 Å². The van der Waals surface area contributed by atoms with Crippen molar-refractivity contribution in [3.8, 4) is 0 Å². The third-order valence-corrected chi connectivity index (χ3v) is 2.91. The van der Waals surface area contributed by atoms with E-state index in [4.69, 9.17) is 10.9 Å². The van der Waals surface area contributed by atoms with Gasteiger partial charge in [-0.3, -0.25) is 0 Å². The van der Waals surface area contributed by atoms with Gasteiger partial charge in [0.25, 0.3) is 0 Å². The minimum absolute atomic E-state index is 0.138. The van der Waals surface area contributed by atoms with Crippen molar-refractivity contribution in [1.82, 2.24) is 0 Å². The van der Waals surface area contributed by atoms with Crippen LogP contribution in [0, 0.1) is 0 Å². The summed E-state index contributed by atoms with van der Waals surface area (Å²) < 4.78 is 0. The lowest BCUT2D eigenvalue weighted by molar-refractivity contribution is 0.318. The molecule has 0 heterocycles. The molecule has 0 spiro atoms. The molecule has 1 unspecified atom stereocenters. The lowest BCUT2D eigenvalue weighted by Gasteiger charge is -2.26. The van der Waals surface area contributed by atoms with Crippen LogP contribution in [-0.4, -0.2) is 24.1 Å². The highest BCUT2D eigenvalue weighted by molar-refractivity contribution is 5.97. The highest BCUT2D eigenvalue weighted by Gasteiger charge is 2.09. The van der Waals surface area contributed by atoms with Gasteiger partial charge < -0.3 is 15.8 Å². The smallest absolute Gasteiger partial charge is 0.170 e. The zero-order valence-electron chi connectivity index (χ0n) is 10.0. The summed E-state index contributed by atoms with van der Waals surface area (Å²) in [5, 5.41) is 11.6. The number of nitrogens with zero attached hydrogens (tertiary/aromatic N) is 2. The van der Waals surface area contributed by atoms with Crippen LogP contribution in [0.2, 0.25) is 0 Å². The van der Waals surface area contributed by atoms with Crippen LogP contribution in [0.4, 0.5) is 5.69 Å². The lowest BCUT2D eigenvalue weighted by atomic mass is 10.1. The van der Waals surface area contributed by atoms with E-state index in [1.54, 1.807) is 0 Å². The molecule has 0 aromatic heterocycles. The molecule has 4 nitrogen and oxygen atoms in total. The predicted octanol–water partition coefficient (Wildman–Crippen LogP) is 2.02. The van der Waals surface area contributed by atoms with E-state index in [0.29, 0.717) is 6.04 Å². The van der Waals surface area contributed by atoms with E-state index in [-0.39, 0.29) is 5.84 Å². The molecule has 16 heavy (non-hydrogen) atoms. The molecule has 0 radical (unpaired) electrons. The number of rotatable bonds is 4. The van der Waals surface area contributed by atoms with Crippen molar-refractivity contribution in [3.63, 3.8) is 0 Å². The quantitative estimate of drug-likeness (QED) is 0.354. The Labute approximate surface area is 96.4 Å². The van der Waals surface area contributed by atoms with Crippen LogP contribution in [0.15, 0.2) is 29.4 Å². The normalized spacial score (nSPS) is 13.6. The van der Waals surface area contributed by atoms with Crippen LogP contribution in [0.1, 0.15) is 25.8 Å². The SMILES string of the molecule is CCC(C)N(C)c1cccc(C(N)=NO)c1. The van der Waals surface area contributed by atoms with Gasteiger partial charge in [0.15, 0.2) is 5.84 Å². The number of nitrogens with two attached hydrogens (primary N) is 1. The fourth-order valence-electron chi connectivity index (χ4n) is 1.47. The Morgan fingerprint density at radius 1 is 1.56 bits per heavy atom. The number of amidine groups is 1. The van der Waals surface area contributed by atoms with Crippen molar-refractivity contribution in [2.75, 3.05) is 11.9 Å². The Bertz CT molecular complexity index is 376. The Morgan fingerprint density at radius 3 is 2.81 bits per heavy atom. The Balaban J connectivity index is 2.98. The maximum atomic E-state index is 8.62. The van der Waals surface area contributed by atoms with E-state index in [1.165, 1.54) is 0 Å². The van der Waals surface area contributed by atoms with Gasteiger partial charge in [-0.05, 0) is 25.5 Å². The second kappa shape index (κ2) is 5.39. The average molecular weight is 221 g/mol. The third kappa shape index (κ3) is 2.66. The summed E-state index contributed by atoms with van der Waals surface area (Å²) in [5.41, 5.74) is 7.35. The molecule has 0 fully saturated rings. The number of benzene rings is 1. The largest absolute Gasteiger partial charge is 0.409 e. The monoisotopic (exact) mass is 221 g/mol. The molecule has 0 saturated carbocycles. The van der Waals surface area contributed by atoms with Crippen molar-refractivity contribution < 1.29 is 5.21 Å². The average Bonchev–Trinajstić information content (AvgIpc) is 2.36. The summed E-state index contributed by atoms with van der Waals surface area (Å²) in [6, 6.07) is 8.12. The van der Waals surface area contributed by atoms with Crippen molar-refractivity contribution in [3.05, 3.63) is 29.8 Å². The molecule has 1 atom stereocenters. The molecule has 3 N–H and O–H groups in total. The molecule has 0 aliphatic rings. The highest BCUT2D eigenvalue weighted by Crippen LogP contribution is 2.18. The molecule has 4 heteroatoms. The summed E-state index contributed by atoms with van der Waals surface area (Å²) in [6.07, 6.45) is 1.07. The minimum atomic E-state index is 0.138. The number of anilines is 1. The number of hydrogen-bond acceptors (Lipinski definition) is 3. The summed E-state index contributed by atoms with van der Waals surface area (Å²) in [5.74, 6) is 0.138. The topological polar surface area (TPSA) is 61.8 Å². The van der Waals surface area contributed by atoms with Crippen LogP contribution in [0.25, 0.3) is 0 Å². The Kier molecular flexibility index (Phi) is 4.17. The van der Waals surface area contributed by atoms with Crippen molar-refractivity contribution >= 4 is 11.5 Å². The first kappa shape index (κ1) is 12.4. The highest BCUT2D eigenvalue weighted by atomic mass is 16.4. The van der Waals surface area contributed by atoms with E-state index < -0.39 is 0 Å². The van der Waals surface area contributed by atoms with E-state index in [0.717, 1.165) is 17.7 Å². The molecular weight excluding hydrogens is 202 g/mol. The second-order valence-corrected chi connectivity index (χ2v) is 3.90. The number of oxime groups is 1. The minimum Gasteiger partial charge on any atom is -0.409 e. The van der Waals surface area contributed by atoms with Gasteiger partial charge in [0.2, 0.25) is 0 Å². The fourth-order valence-corrected chi connectivity index (χ4v) is 1.47. The van der Waals surface area contributed by atoms with Crippen molar-refractivity contribution in [2.45, 2.75) is 26.3 Å². The van der Waals surface area contributed by atoms with Gasteiger partial charge in [-0.25, -0.2) is 0 Å². The molecule has 88 valence electrons. The van der Waals surface area contributed by atoms with Gasteiger partial charge in [-0.2, -0.15) is 0 Å². The molecule has 0 amide bonds. The van der Waals surface area contributed by atoms with Crippen LogP contribution >= 0.6 is 0 Å². The van der Waals surface area contributed by atoms with Crippen LogP contribution in [0.3, 0.4) is 0 Å². The van der Waals surface area contributed by atoms with Gasteiger partial charge in [-0.1, -0.05) is 24.2 Å². The Morgan fingerprint density at radius 2 is 2.25 bits per heavy atom. The first-order valence-electron chi connectivity index (χ1n) is 5.41. The van der Waals surface area contributed by atoms with Gasteiger partial charge in [0.05, 0.1) is 0 Å². The number of hydrogen-bond donors (Lipinski definition) is 2. The maximum absolute atomic E-state index is 8.62. The van der Waals surface area contributed by atoms with E-state index in [1.807, 2.05) is 31.3 Å². The van der Waals surface area contributed by atoms with Crippen LogP contribution < -0.4 is 10.6 Å². The second-order valence-electron chi connectivity index (χ2n) is 3.90. The van der Waals surface area contributed by atoms with E-state index >= 15 is 0 Å². The predicted molar refractivity (Wildman–Crippen MR) is 67.1 cm³/mol. The van der Waals surface area contributed by atoms with Crippen molar-refractivity contribution in [1.29, 1.82) is 0 Å². The van der Waals surface area contributed by atoms with E-state index in [9.17, 15) is 0 Å². The lowest BCUT2D eigenvalue weighted by Crippen LogP contribution is -2.28. The third-order valence-electron chi connectivity index (χ3n) is 2.91. The molecule has 1 aromatic rings. The summed E-state index contributed by atoms with van der Waals surface area (Å²) >= 11 is 0. The molecule has 0 saturated heterocycles. The molecule has 0 aliphatic carbocycles. The molecule has 1 rings (SSSR count). The van der Waals surface area contributed by atoms with Gasteiger partial charge in [-0.15, -0.1) is 0 Å². The molecule has 1 aromatic carbocycles. The van der Waals surface area contributed by atoms with Gasteiger partial charge in [0, 0.05) is 24.3 Å². The zero-order valence-corrected chi connectivity index (χ0v) is 10.0. The molecule has 0 bridgehead atoms. The molecule has 0 aliphatic heterocycles. The van der Waals surface area contributed by atoms with Crippen LogP contribution in [-0.2, 0) is 0 Å². The first-order chi connectivity index (χ1) is 7.60. The standard InChI is InChI=1S/C12H19N3O/c1-4-9(2)15(3)11-7-5-6-10(8-11)12(13)14-16/h5-9,16H,4H2,1-3H3,(H2,13,14). The van der Waals surface area contributed by atoms with E-state index in [2.05, 4.69) is 23.9 Å². The van der Waals surface area contributed by atoms with Crippen molar-refractivity contribution in [2.24, 2.45) is 10.9 Å². The Hall–Kier alpha value is -1.71. The zero-order chi connectivity index (χ0) is 12.1. The summed E-state index contributed by atoms with van der Waals surface area (Å²) in [7, 11) is 2.04. The summed E-state index contributed by atoms with van der Waals surface area (Å²) in [4.78, 5) is 2.17. The summed E-state index contributed by atoms with van der Waals surface area (Å²) in [6.45, 7) is 4.31.